The van der Waals surface area contributed by atoms with E-state index in [2.05, 4.69) is 55.5 Å². The van der Waals surface area contributed by atoms with E-state index in [4.69, 9.17) is 0 Å². The predicted octanol–water partition coefficient (Wildman–Crippen LogP) is 2.97. The number of hydrogen-bond donors (Lipinski definition) is 1. The quantitative estimate of drug-likeness (QED) is 0.538. The van der Waals surface area contributed by atoms with E-state index in [1.807, 2.05) is 5.32 Å². The zero-order chi connectivity index (χ0) is 11.4. The van der Waals surface area contributed by atoms with Crippen LogP contribution >= 0.6 is 0 Å². The Kier molecular flexibility index (Phi) is 48.1. The van der Waals surface area contributed by atoms with Gasteiger partial charge < -0.3 is 28.9 Å². The minimum Gasteiger partial charge on any atom is -0.534 e. The summed E-state index contributed by atoms with van der Waals surface area (Å²) in [5, 5.41) is 2.03. The van der Waals surface area contributed by atoms with E-state index in [0.29, 0.717) is 0 Å². The zero-order valence-electron chi connectivity index (χ0n) is 10.8. The Hall–Kier alpha value is 0.976. The van der Waals surface area contributed by atoms with Gasteiger partial charge in [0.15, 0.2) is 0 Å². The molecular weight excluding hydrogens is 451 g/mol. The molecule has 0 fully saturated rings. The van der Waals surface area contributed by atoms with Crippen LogP contribution in [0.3, 0.4) is 0 Å². The average molecular weight is 474 g/mol. The summed E-state index contributed by atoms with van der Waals surface area (Å²) < 4.78 is 0. The molecule has 0 bridgehead atoms. The molecule has 15 heavy (non-hydrogen) atoms. The van der Waals surface area contributed by atoms with Crippen molar-refractivity contribution in [2.75, 3.05) is 0 Å². The van der Waals surface area contributed by atoms with Gasteiger partial charge in [-0.25, -0.2) is 0 Å². The first-order valence-electron chi connectivity index (χ1n) is 4.16. The molecule has 1 N–H and O–H groups in total. The second kappa shape index (κ2) is 24.3. The Morgan fingerprint density at radius 2 is 1.07 bits per heavy atom. The summed E-state index contributed by atoms with van der Waals surface area (Å²) in [6.07, 6.45) is 0. The van der Waals surface area contributed by atoms with Gasteiger partial charge in [0.25, 0.3) is 0 Å². The van der Waals surface area contributed by atoms with Crippen LogP contribution in [0.25, 0.3) is 0 Å². The van der Waals surface area contributed by atoms with Gasteiger partial charge >= 0.3 is 49.7 Å². The molecule has 0 spiro atoms. The van der Waals surface area contributed by atoms with Crippen LogP contribution in [-0.4, -0.2) is 5.91 Å². The molecule has 0 heterocycles. The summed E-state index contributed by atoms with van der Waals surface area (Å²) in [7, 11) is 3.02. The summed E-state index contributed by atoms with van der Waals surface area (Å²) in [5.41, 5.74) is 0. The first-order chi connectivity index (χ1) is 5.73. The first-order valence-corrected chi connectivity index (χ1v) is 4.16. The number of hydrogen-bond acceptors (Lipinski definition) is 1. The Balaban J connectivity index is -0.0000000315. The molecule has 0 aliphatic carbocycles. The Labute approximate surface area is 132 Å². The molecule has 87 valence electrons. The van der Waals surface area contributed by atoms with Crippen LogP contribution in [0.5, 0.6) is 0 Å². The second-order valence-electron chi connectivity index (χ2n) is 3.60. The van der Waals surface area contributed by atoms with Crippen LogP contribution in [-0.2, 0) is 23.4 Å². The summed E-state index contributed by atoms with van der Waals surface area (Å²) in [5.74, 6) is 2.48. The van der Waals surface area contributed by atoms with E-state index in [1.54, 1.807) is 0 Å². The summed E-state index contributed by atoms with van der Waals surface area (Å²) in [6, 6.07) is 0. The Morgan fingerprint density at radius 3 is 1.07 bits per heavy atom. The van der Waals surface area contributed by atoms with Gasteiger partial charge in [0.2, 0.25) is 0 Å². The van der Waals surface area contributed by atoms with Gasteiger partial charge in [0, 0.05) is 0 Å². The van der Waals surface area contributed by atoms with Crippen molar-refractivity contribution in [2.24, 2.45) is 0 Å². The van der Waals surface area contributed by atoms with E-state index in [9.17, 15) is 4.79 Å². The Bertz CT molecular complexity index is 97.3. The van der Waals surface area contributed by atoms with Crippen LogP contribution in [0.15, 0.2) is 0 Å². The fourth-order valence-corrected chi connectivity index (χ4v) is 0. The maximum absolute atomic E-state index is 9.53. The van der Waals surface area contributed by atoms with Crippen LogP contribution in [0, 0.1) is 56.9 Å². The van der Waals surface area contributed by atoms with Gasteiger partial charge in [-0.15, -0.1) is 0 Å². The summed E-state index contributed by atoms with van der Waals surface area (Å²) in [4.78, 5) is 9.53. The van der Waals surface area contributed by atoms with Crippen molar-refractivity contribution in [3.05, 3.63) is 25.8 Å². The van der Waals surface area contributed by atoms with Gasteiger partial charge in [-0.3, -0.25) is 7.05 Å². The molecule has 0 aromatic carbocycles. The smallest absolute Gasteiger partial charge is 0.534 e. The molecule has 0 aliphatic heterocycles. The van der Waals surface area contributed by atoms with E-state index in [-0.39, 0.29) is 55.6 Å². The number of rotatable bonds is 0. The first kappa shape index (κ1) is 29.7. The number of carbonyl (C=O) groups excluding carboxylic acids is 1. The number of carbonyl (C=O) groups is 1. The van der Waals surface area contributed by atoms with Crippen molar-refractivity contribution in [1.82, 2.24) is 5.32 Å². The molecular formula is C11H23NOUV. The predicted molar refractivity (Wildman–Crippen MR) is 59.4 cm³/mol. The molecule has 1 amide bonds. The van der Waals surface area contributed by atoms with E-state index in [0.717, 1.165) is 0 Å². The monoisotopic (exact) mass is 474 g/mol. The molecule has 0 aliphatic rings. The fraction of sp³-hybridized carbons (Fsp3) is 0.545. The number of nitrogens with one attached hydrogen (secondary N) is 1. The van der Waals surface area contributed by atoms with E-state index in [1.165, 1.54) is 11.8 Å². The normalized spacial score (nSPS) is 7.00. The van der Waals surface area contributed by atoms with E-state index < -0.39 is 0 Å². The van der Waals surface area contributed by atoms with Crippen molar-refractivity contribution in [3.63, 3.8) is 0 Å². The third-order valence-corrected chi connectivity index (χ3v) is 0.197. The van der Waals surface area contributed by atoms with Crippen molar-refractivity contribution in [2.45, 2.75) is 41.5 Å². The topological polar surface area (TPSA) is 29.1 Å². The molecule has 0 unspecified atom stereocenters. The molecule has 1 radical (unpaired) electrons. The molecule has 0 saturated heterocycles. The molecule has 0 rings (SSSR count). The van der Waals surface area contributed by atoms with Crippen molar-refractivity contribution in [3.8, 4) is 0 Å². The number of amides is 1. The van der Waals surface area contributed by atoms with Crippen LogP contribution in [0.2, 0.25) is 0 Å². The van der Waals surface area contributed by atoms with Crippen LogP contribution < -0.4 is 5.32 Å². The zero-order valence-corrected chi connectivity index (χ0v) is 16.3. The summed E-state index contributed by atoms with van der Waals surface area (Å²) >= 11 is 0. The third kappa shape index (κ3) is 285. The SMILES string of the molecule is C[C-](C)C.C[C-](C)C.[CH2-]NC([CH2-])=O.[U+2].[V+2]. The van der Waals surface area contributed by atoms with Crippen molar-refractivity contribution < 1.29 is 54.5 Å². The molecule has 4 heteroatoms. The Morgan fingerprint density at radius 1 is 1.00 bits per heavy atom. The van der Waals surface area contributed by atoms with Gasteiger partial charge in [0.05, 0.1) is 5.91 Å². The van der Waals surface area contributed by atoms with Gasteiger partial charge in [-0.2, -0.15) is 41.5 Å². The minimum absolute atomic E-state index is 0. The molecule has 2 nitrogen and oxygen atoms in total. The molecule has 0 saturated carbocycles. The standard InChI is InChI=1S/2C4H9.C3H5NO.U.V/c2*1-4(2)3;1-3(5)4-2;;/h2*1-3H3;1-2H2,(H,4,5);;/q2*-1;-2;2*+2. The maximum atomic E-state index is 9.53. The maximum Gasteiger partial charge on any atom is 2.00 e. The third-order valence-electron chi connectivity index (χ3n) is 0.197. The van der Waals surface area contributed by atoms with Gasteiger partial charge in [0.1, 0.15) is 0 Å². The minimum atomic E-state index is -0.356. The fourth-order valence-electron chi connectivity index (χ4n) is 0. The van der Waals surface area contributed by atoms with Crippen molar-refractivity contribution >= 4 is 5.91 Å². The second-order valence-corrected chi connectivity index (χ2v) is 3.60. The summed E-state index contributed by atoms with van der Waals surface area (Å²) in [6.45, 7) is 15.4. The van der Waals surface area contributed by atoms with Gasteiger partial charge in [-0.05, 0) is 0 Å². The van der Waals surface area contributed by atoms with Gasteiger partial charge in [-0.1, -0.05) is 0 Å². The van der Waals surface area contributed by atoms with E-state index >= 15 is 0 Å². The molecule has 0 aromatic heterocycles. The van der Waals surface area contributed by atoms with Crippen LogP contribution in [0.4, 0.5) is 0 Å². The molecule has 0 aromatic rings. The average Bonchev–Trinajstić information content (AvgIpc) is 1.84. The van der Waals surface area contributed by atoms with Crippen molar-refractivity contribution in [1.29, 1.82) is 0 Å². The largest absolute Gasteiger partial charge is 2.00 e. The van der Waals surface area contributed by atoms with Crippen LogP contribution in [0.1, 0.15) is 41.5 Å². The molecule has 0 atom stereocenters.